The molecule has 1 aliphatic rings. The van der Waals surface area contributed by atoms with E-state index in [0.717, 1.165) is 5.39 Å². The van der Waals surface area contributed by atoms with Crippen molar-refractivity contribution in [1.82, 2.24) is 0 Å². The summed E-state index contributed by atoms with van der Waals surface area (Å²) in [6.07, 6.45) is 1.74. The zero-order chi connectivity index (χ0) is 18.0. The van der Waals surface area contributed by atoms with Gasteiger partial charge in [-0.1, -0.05) is 0 Å². The van der Waals surface area contributed by atoms with Gasteiger partial charge in [0.2, 0.25) is 0 Å². The number of rotatable bonds is 5. The molecule has 6 nitrogen and oxygen atoms in total. The number of esters is 1. The summed E-state index contributed by atoms with van der Waals surface area (Å²) in [5.74, 6) is 0.134. The number of ether oxygens (including phenoxy) is 2. The number of aliphatic hydroxyl groups excluding tert-OH is 1. The lowest BCUT2D eigenvalue weighted by Crippen LogP contribution is -2.27. The van der Waals surface area contributed by atoms with Crippen LogP contribution in [-0.4, -0.2) is 29.9 Å². The predicted octanol–water partition coefficient (Wildman–Crippen LogP) is 2.35. The van der Waals surface area contributed by atoms with Crippen molar-refractivity contribution in [3.8, 4) is 5.75 Å². The number of benzene rings is 1. The topological polar surface area (TPSA) is 86.0 Å². The van der Waals surface area contributed by atoms with E-state index in [9.17, 15) is 14.7 Å². The van der Waals surface area contributed by atoms with Gasteiger partial charge < -0.3 is 19.0 Å². The molecule has 1 aromatic carbocycles. The Labute approximate surface area is 144 Å². The molecular formula is C19H18O6. The van der Waals surface area contributed by atoms with Gasteiger partial charge in [0, 0.05) is 23.1 Å². The van der Waals surface area contributed by atoms with Crippen molar-refractivity contribution in [1.29, 1.82) is 0 Å². The van der Waals surface area contributed by atoms with Crippen molar-refractivity contribution in [2.45, 2.75) is 26.1 Å². The van der Waals surface area contributed by atoms with E-state index in [1.165, 1.54) is 6.07 Å². The highest BCUT2D eigenvalue weighted by Gasteiger charge is 2.29. The number of aliphatic hydroxyl groups is 1. The fourth-order valence-corrected chi connectivity index (χ4v) is 2.50. The third-order valence-electron chi connectivity index (χ3n) is 4.01. The van der Waals surface area contributed by atoms with Crippen LogP contribution in [0.25, 0.3) is 11.0 Å². The van der Waals surface area contributed by atoms with E-state index < -0.39 is 23.8 Å². The van der Waals surface area contributed by atoms with Crippen LogP contribution in [0.5, 0.6) is 5.75 Å². The lowest BCUT2D eigenvalue weighted by molar-refractivity contribution is -0.142. The Morgan fingerprint density at radius 2 is 2.08 bits per heavy atom. The number of carbonyl (C=O) groups is 1. The molecule has 2 heterocycles. The molecule has 0 unspecified atom stereocenters. The number of hydrogen-bond donors (Lipinski definition) is 1. The Kier molecular flexibility index (Phi) is 4.72. The number of hydrogen-bond acceptors (Lipinski definition) is 6. The fourth-order valence-electron chi connectivity index (χ4n) is 2.50. The second kappa shape index (κ2) is 6.94. The van der Waals surface area contributed by atoms with Gasteiger partial charge in [-0.15, -0.1) is 0 Å². The van der Waals surface area contributed by atoms with Gasteiger partial charge in [0.1, 0.15) is 24.0 Å². The monoisotopic (exact) mass is 342 g/mol. The average Bonchev–Trinajstić information content (AvgIpc) is 2.92. The van der Waals surface area contributed by atoms with Gasteiger partial charge in [0.05, 0.1) is 0 Å². The third kappa shape index (κ3) is 3.80. The first-order valence-electron chi connectivity index (χ1n) is 7.85. The molecule has 1 aromatic heterocycles. The van der Waals surface area contributed by atoms with E-state index in [4.69, 9.17) is 13.9 Å². The highest BCUT2D eigenvalue weighted by atomic mass is 16.6. The Morgan fingerprint density at radius 3 is 2.80 bits per heavy atom. The summed E-state index contributed by atoms with van der Waals surface area (Å²) in [5, 5.41) is 11.0. The zero-order valence-electron chi connectivity index (χ0n) is 13.9. The molecule has 6 heteroatoms. The first-order chi connectivity index (χ1) is 11.9. The second-order valence-corrected chi connectivity index (χ2v) is 5.88. The number of carbonyl (C=O) groups excluding carboxylic acids is 1. The van der Waals surface area contributed by atoms with Gasteiger partial charge in [-0.2, -0.15) is 0 Å². The van der Waals surface area contributed by atoms with Crippen LogP contribution in [0.15, 0.2) is 62.8 Å². The molecule has 0 saturated heterocycles. The van der Waals surface area contributed by atoms with Gasteiger partial charge in [-0.3, -0.25) is 0 Å². The SMILES string of the molecule is CC1=C[C@H]([C@H](O)/C(C)=C/COc2ccc3ccc(=O)oc3c2)OC1=O. The quantitative estimate of drug-likeness (QED) is 0.510. The molecule has 0 spiro atoms. The summed E-state index contributed by atoms with van der Waals surface area (Å²) in [6.45, 7) is 3.60. The van der Waals surface area contributed by atoms with Crippen molar-refractivity contribution >= 4 is 16.9 Å². The molecule has 0 amide bonds. The van der Waals surface area contributed by atoms with Crippen LogP contribution in [0.2, 0.25) is 0 Å². The lowest BCUT2D eigenvalue weighted by Gasteiger charge is -2.17. The van der Waals surface area contributed by atoms with E-state index in [-0.39, 0.29) is 6.61 Å². The lowest BCUT2D eigenvalue weighted by atomic mass is 10.1. The summed E-state index contributed by atoms with van der Waals surface area (Å²) < 4.78 is 15.8. The second-order valence-electron chi connectivity index (χ2n) is 5.88. The summed E-state index contributed by atoms with van der Waals surface area (Å²) in [5.41, 5.74) is 1.16. The Bertz CT molecular complexity index is 921. The smallest absolute Gasteiger partial charge is 0.336 e. The molecule has 0 fully saturated rings. The largest absolute Gasteiger partial charge is 0.489 e. The van der Waals surface area contributed by atoms with Crippen LogP contribution < -0.4 is 10.4 Å². The zero-order valence-corrected chi connectivity index (χ0v) is 13.9. The molecular weight excluding hydrogens is 324 g/mol. The summed E-state index contributed by atoms with van der Waals surface area (Å²) in [7, 11) is 0. The van der Waals surface area contributed by atoms with Crippen LogP contribution in [0.1, 0.15) is 13.8 Å². The molecule has 3 rings (SSSR count). The van der Waals surface area contributed by atoms with E-state index >= 15 is 0 Å². The molecule has 2 atom stereocenters. The molecule has 0 bridgehead atoms. The maximum absolute atomic E-state index is 11.4. The fraction of sp³-hybridized carbons (Fsp3) is 0.263. The van der Waals surface area contributed by atoms with Crippen LogP contribution in [-0.2, 0) is 9.53 Å². The minimum atomic E-state index is -0.917. The van der Waals surface area contributed by atoms with Crippen LogP contribution in [0, 0.1) is 0 Å². The van der Waals surface area contributed by atoms with Gasteiger partial charge in [-0.05, 0) is 49.8 Å². The third-order valence-corrected chi connectivity index (χ3v) is 4.01. The molecule has 0 aliphatic carbocycles. The Balaban J connectivity index is 1.64. The Hall–Kier alpha value is -2.86. The maximum atomic E-state index is 11.4. The Morgan fingerprint density at radius 1 is 1.32 bits per heavy atom. The van der Waals surface area contributed by atoms with Gasteiger partial charge in [-0.25, -0.2) is 9.59 Å². The maximum Gasteiger partial charge on any atom is 0.336 e. The van der Waals surface area contributed by atoms with Gasteiger partial charge in [0.15, 0.2) is 6.10 Å². The first-order valence-corrected chi connectivity index (χ1v) is 7.85. The highest BCUT2D eigenvalue weighted by molar-refractivity contribution is 5.90. The van der Waals surface area contributed by atoms with Crippen molar-refractivity contribution in [2.75, 3.05) is 6.61 Å². The summed E-state index contributed by atoms with van der Waals surface area (Å²) >= 11 is 0. The van der Waals surface area contributed by atoms with E-state index in [2.05, 4.69) is 0 Å². The molecule has 2 aromatic rings. The van der Waals surface area contributed by atoms with Gasteiger partial charge >= 0.3 is 11.6 Å². The van der Waals surface area contributed by atoms with E-state index in [1.807, 2.05) is 0 Å². The van der Waals surface area contributed by atoms with Gasteiger partial charge in [0.25, 0.3) is 0 Å². The van der Waals surface area contributed by atoms with Crippen molar-refractivity contribution in [3.05, 3.63) is 64.1 Å². The first kappa shape index (κ1) is 17.0. The number of cyclic esters (lactones) is 1. The molecule has 0 radical (unpaired) electrons. The standard InChI is InChI=1S/C19H18O6/c1-11(18(21)16-9-12(2)19(22)25-16)7-8-23-14-5-3-13-4-6-17(20)24-15(13)10-14/h3-7,9-10,16,18,21H,8H2,1-2H3/b11-7+/t16-,18-/m1/s1. The predicted molar refractivity (Wildman–Crippen MR) is 91.4 cm³/mol. The van der Waals surface area contributed by atoms with Crippen molar-refractivity contribution in [3.63, 3.8) is 0 Å². The van der Waals surface area contributed by atoms with Crippen LogP contribution >= 0.6 is 0 Å². The highest BCUT2D eigenvalue weighted by Crippen LogP contribution is 2.21. The summed E-state index contributed by atoms with van der Waals surface area (Å²) in [6, 6.07) is 8.25. The number of fused-ring (bicyclic) bond motifs is 1. The molecule has 0 saturated carbocycles. The molecule has 130 valence electrons. The summed E-state index contributed by atoms with van der Waals surface area (Å²) in [4.78, 5) is 22.6. The van der Waals surface area contributed by atoms with Crippen molar-refractivity contribution in [2.24, 2.45) is 0 Å². The van der Waals surface area contributed by atoms with Crippen molar-refractivity contribution < 1.29 is 23.8 Å². The van der Waals surface area contributed by atoms with Crippen LogP contribution in [0.3, 0.4) is 0 Å². The van der Waals surface area contributed by atoms with E-state index in [1.54, 1.807) is 50.3 Å². The molecule has 25 heavy (non-hydrogen) atoms. The minimum absolute atomic E-state index is 0.217. The molecule has 1 N–H and O–H groups in total. The normalized spacial score (nSPS) is 18.8. The average molecular weight is 342 g/mol. The molecule has 1 aliphatic heterocycles. The van der Waals surface area contributed by atoms with E-state index in [0.29, 0.717) is 22.5 Å². The van der Waals surface area contributed by atoms with Crippen LogP contribution in [0.4, 0.5) is 0 Å². The minimum Gasteiger partial charge on any atom is -0.489 e.